The summed E-state index contributed by atoms with van der Waals surface area (Å²) in [5.41, 5.74) is 0. The van der Waals surface area contributed by atoms with E-state index < -0.39 is 14.6 Å². The monoisotopic (exact) mass is 295 g/mol. The van der Waals surface area contributed by atoms with Crippen LogP contribution in [-0.2, 0) is 9.84 Å². The van der Waals surface area contributed by atoms with E-state index in [0.717, 1.165) is 25.9 Å². The van der Waals surface area contributed by atoms with Crippen molar-refractivity contribution < 1.29 is 8.42 Å². The number of piperidine rings is 1. The highest BCUT2D eigenvalue weighted by molar-refractivity contribution is 7.92. The molecule has 1 aliphatic rings. The van der Waals surface area contributed by atoms with Gasteiger partial charge in [0, 0.05) is 19.0 Å². The lowest BCUT2D eigenvalue weighted by Gasteiger charge is -2.33. The van der Waals surface area contributed by atoms with E-state index >= 15 is 0 Å². The Labute approximate surface area is 117 Å². The first-order valence-electron chi connectivity index (χ1n) is 6.77. The van der Waals surface area contributed by atoms with Crippen LogP contribution >= 0.6 is 11.6 Å². The summed E-state index contributed by atoms with van der Waals surface area (Å²) in [6, 6.07) is 0. The van der Waals surface area contributed by atoms with Crippen LogP contribution in [0.2, 0.25) is 0 Å². The predicted octanol–water partition coefficient (Wildman–Crippen LogP) is 2.54. The third-order valence-electron chi connectivity index (χ3n) is 3.73. The zero-order chi connectivity index (χ0) is 13.8. The minimum Gasteiger partial charge on any atom is -0.302 e. The average Bonchev–Trinajstić information content (AvgIpc) is 2.26. The van der Waals surface area contributed by atoms with Gasteiger partial charge in [-0.3, -0.25) is 0 Å². The molecular formula is C13H26ClNO2S. The van der Waals surface area contributed by atoms with E-state index in [1.165, 1.54) is 6.42 Å². The number of halogens is 1. The van der Waals surface area contributed by atoms with Crippen molar-refractivity contribution in [1.29, 1.82) is 0 Å². The fourth-order valence-electron chi connectivity index (χ4n) is 2.30. The lowest BCUT2D eigenvalue weighted by molar-refractivity contribution is 0.181. The van der Waals surface area contributed by atoms with Crippen molar-refractivity contribution >= 4 is 21.4 Å². The van der Waals surface area contributed by atoms with Crippen LogP contribution in [0, 0.1) is 5.92 Å². The Morgan fingerprint density at radius 1 is 1.33 bits per heavy atom. The molecule has 0 spiro atoms. The normalized spacial score (nSPS) is 23.2. The summed E-state index contributed by atoms with van der Waals surface area (Å²) in [7, 11) is -2.99. The van der Waals surface area contributed by atoms with Crippen molar-refractivity contribution in [3.05, 3.63) is 0 Å². The molecule has 1 saturated heterocycles. The van der Waals surface area contributed by atoms with E-state index in [1.54, 1.807) is 20.8 Å². The number of alkyl halides is 1. The standard InChI is InChI=1S/C13H26ClNO2S/c1-13(2,3)18(16,17)10-9-15-8-4-5-12(11-15)6-7-14/h12H,4-11H2,1-3H3. The Bertz CT molecular complexity index is 346. The van der Waals surface area contributed by atoms with Crippen LogP contribution in [0.15, 0.2) is 0 Å². The summed E-state index contributed by atoms with van der Waals surface area (Å²) in [5.74, 6) is 1.62. The zero-order valence-electron chi connectivity index (χ0n) is 11.8. The Morgan fingerprint density at radius 2 is 2.00 bits per heavy atom. The van der Waals surface area contributed by atoms with Crippen molar-refractivity contribution in [3.63, 3.8) is 0 Å². The van der Waals surface area contributed by atoms with Crippen molar-refractivity contribution in [2.24, 2.45) is 5.92 Å². The second-order valence-corrected chi connectivity index (χ2v) is 9.46. The molecule has 0 aromatic rings. The first kappa shape index (κ1) is 16.3. The maximum Gasteiger partial charge on any atom is 0.156 e. The van der Waals surface area contributed by atoms with Crippen molar-refractivity contribution in [2.75, 3.05) is 31.3 Å². The molecule has 108 valence electrons. The third kappa shape index (κ3) is 4.71. The summed E-state index contributed by atoms with van der Waals surface area (Å²) in [6.07, 6.45) is 3.44. The SMILES string of the molecule is CC(C)(C)S(=O)(=O)CCN1CCCC(CCCl)C1. The summed E-state index contributed by atoms with van der Waals surface area (Å²) >= 11 is 5.78. The van der Waals surface area contributed by atoms with Gasteiger partial charge in [-0.15, -0.1) is 11.6 Å². The van der Waals surface area contributed by atoms with Crippen molar-refractivity contribution in [2.45, 2.75) is 44.8 Å². The van der Waals surface area contributed by atoms with Gasteiger partial charge in [-0.1, -0.05) is 0 Å². The highest BCUT2D eigenvalue weighted by Gasteiger charge is 2.29. The topological polar surface area (TPSA) is 37.4 Å². The van der Waals surface area contributed by atoms with E-state index in [-0.39, 0.29) is 5.75 Å². The molecule has 3 nitrogen and oxygen atoms in total. The first-order valence-corrected chi connectivity index (χ1v) is 8.95. The molecule has 0 bridgehead atoms. The maximum absolute atomic E-state index is 12.1. The van der Waals surface area contributed by atoms with E-state index in [4.69, 9.17) is 11.6 Å². The molecule has 0 aliphatic carbocycles. The summed E-state index contributed by atoms with van der Waals surface area (Å²) in [4.78, 5) is 2.28. The minimum absolute atomic E-state index is 0.268. The van der Waals surface area contributed by atoms with Gasteiger partial charge in [0.05, 0.1) is 10.5 Å². The fraction of sp³-hybridized carbons (Fsp3) is 1.00. The lowest BCUT2D eigenvalue weighted by atomic mass is 9.96. The Hall–Kier alpha value is 0.200. The minimum atomic E-state index is -2.99. The molecule has 0 amide bonds. The molecule has 1 rings (SSSR count). The van der Waals surface area contributed by atoms with Crippen LogP contribution in [0.5, 0.6) is 0 Å². The van der Waals surface area contributed by atoms with Gasteiger partial charge >= 0.3 is 0 Å². The van der Waals surface area contributed by atoms with Gasteiger partial charge in [-0.05, 0) is 52.5 Å². The first-order chi connectivity index (χ1) is 8.26. The van der Waals surface area contributed by atoms with Crippen LogP contribution in [0.3, 0.4) is 0 Å². The van der Waals surface area contributed by atoms with Crippen LogP contribution in [-0.4, -0.2) is 49.3 Å². The van der Waals surface area contributed by atoms with Crippen LogP contribution < -0.4 is 0 Å². The quantitative estimate of drug-likeness (QED) is 0.732. The lowest BCUT2D eigenvalue weighted by Crippen LogP contribution is -2.41. The van der Waals surface area contributed by atoms with E-state index in [0.29, 0.717) is 18.3 Å². The van der Waals surface area contributed by atoms with Gasteiger partial charge in [-0.2, -0.15) is 0 Å². The predicted molar refractivity (Wildman–Crippen MR) is 78.0 cm³/mol. The highest BCUT2D eigenvalue weighted by Crippen LogP contribution is 2.21. The van der Waals surface area contributed by atoms with Gasteiger partial charge in [0.1, 0.15) is 0 Å². The Balaban J connectivity index is 2.44. The largest absolute Gasteiger partial charge is 0.302 e. The second kappa shape index (κ2) is 6.58. The number of rotatable bonds is 5. The zero-order valence-corrected chi connectivity index (χ0v) is 13.4. The molecule has 0 N–H and O–H groups in total. The number of sulfone groups is 1. The van der Waals surface area contributed by atoms with Gasteiger partial charge in [0.2, 0.25) is 0 Å². The van der Waals surface area contributed by atoms with Gasteiger partial charge < -0.3 is 4.90 Å². The molecule has 1 heterocycles. The molecule has 0 radical (unpaired) electrons. The summed E-state index contributed by atoms with van der Waals surface area (Å²) in [5, 5.41) is 0. The van der Waals surface area contributed by atoms with Crippen molar-refractivity contribution in [3.8, 4) is 0 Å². The molecular weight excluding hydrogens is 270 g/mol. The molecule has 18 heavy (non-hydrogen) atoms. The van der Waals surface area contributed by atoms with E-state index in [2.05, 4.69) is 4.90 Å². The number of nitrogens with zero attached hydrogens (tertiary/aromatic N) is 1. The average molecular weight is 296 g/mol. The molecule has 0 aromatic heterocycles. The molecule has 1 unspecified atom stereocenters. The third-order valence-corrected chi connectivity index (χ3v) is 6.53. The van der Waals surface area contributed by atoms with E-state index in [1.807, 2.05) is 0 Å². The number of hydrogen-bond donors (Lipinski definition) is 0. The summed E-state index contributed by atoms with van der Waals surface area (Å²) in [6.45, 7) is 8.02. The Kier molecular flexibility index (Phi) is 5.94. The van der Waals surface area contributed by atoms with E-state index in [9.17, 15) is 8.42 Å². The molecule has 0 saturated carbocycles. The van der Waals surface area contributed by atoms with Crippen LogP contribution in [0.4, 0.5) is 0 Å². The van der Waals surface area contributed by atoms with Gasteiger partial charge in [0.15, 0.2) is 9.84 Å². The molecule has 1 aliphatic heterocycles. The molecule has 1 fully saturated rings. The Morgan fingerprint density at radius 3 is 2.56 bits per heavy atom. The second-order valence-electron chi connectivity index (χ2n) is 6.22. The van der Waals surface area contributed by atoms with Crippen molar-refractivity contribution in [1.82, 2.24) is 4.90 Å². The fourth-order valence-corrected chi connectivity index (χ4v) is 3.72. The maximum atomic E-state index is 12.1. The summed E-state index contributed by atoms with van der Waals surface area (Å²) < 4.78 is 23.5. The van der Waals surface area contributed by atoms with Gasteiger partial charge in [-0.25, -0.2) is 8.42 Å². The van der Waals surface area contributed by atoms with Crippen LogP contribution in [0.1, 0.15) is 40.0 Å². The number of likely N-dealkylation sites (tertiary alicyclic amines) is 1. The van der Waals surface area contributed by atoms with Crippen LogP contribution in [0.25, 0.3) is 0 Å². The van der Waals surface area contributed by atoms with Gasteiger partial charge in [0.25, 0.3) is 0 Å². The molecule has 5 heteroatoms. The number of hydrogen-bond acceptors (Lipinski definition) is 3. The molecule has 0 aromatic carbocycles. The molecule has 1 atom stereocenters. The highest BCUT2D eigenvalue weighted by atomic mass is 35.5. The smallest absolute Gasteiger partial charge is 0.156 e.